The molecule has 0 aliphatic heterocycles. The average Bonchev–Trinajstić information content (AvgIpc) is 3.58. The Morgan fingerprint density at radius 3 is 1.50 bits per heavy atom. The molecule has 3 aromatic rings. The first-order chi connectivity index (χ1) is 23.0. The largest absolute Gasteiger partial charge is 0.456 e. The highest BCUT2D eigenvalue weighted by Gasteiger charge is 2.18. The standard InChI is InChI=1S/C36H34N4O8/c1-8-25-19-24(14-17-31-37-27(20-45-33(41)9-2)29(39(31)6)22-47-35(43)11-4)13-15-26(25)16-18-32-38-28(21-46-34(42)10-3)30(40(32)7)23-48-36(44)12-5/h9-13,15,19H,2-5,8,20-23H2,1,6-7H3. The van der Waals surface area contributed by atoms with E-state index >= 15 is 0 Å². The highest BCUT2D eigenvalue weighted by molar-refractivity contribution is 5.82. The Morgan fingerprint density at radius 2 is 1.08 bits per heavy atom. The summed E-state index contributed by atoms with van der Waals surface area (Å²) in [5.41, 5.74) is 4.16. The number of aromatic nitrogens is 4. The third kappa shape index (κ3) is 9.55. The van der Waals surface area contributed by atoms with Crippen LogP contribution in [0.25, 0.3) is 0 Å². The highest BCUT2D eigenvalue weighted by Crippen LogP contribution is 2.17. The van der Waals surface area contributed by atoms with Gasteiger partial charge in [-0.05, 0) is 42.0 Å². The number of imidazole rings is 2. The van der Waals surface area contributed by atoms with Crippen LogP contribution in [0.15, 0.2) is 68.8 Å². The Kier molecular flexibility index (Phi) is 13.0. The number of hydrogen-bond donors (Lipinski definition) is 0. The Hall–Kier alpha value is -6.40. The lowest BCUT2D eigenvalue weighted by Gasteiger charge is -2.07. The summed E-state index contributed by atoms with van der Waals surface area (Å²) in [7, 11) is 3.43. The van der Waals surface area contributed by atoms with Gasteiger partial charge in [0.15, 0.2) is 11.6 Å². The van der Waals surface area contributed by atoms with Crippen LogP contribution in [0.1, 0.15) is 58.0 Å². The molecule has 2 aromatic heterocycles. The zero-order valence-electron chi connectivity index (χ0n) is 27.0. The molecule has 12 nitrogen and oxygen atoms in total. The number of benzene rings is 1. The van der Waals surface area contributed by atoms with E-state index in [4.69, 9.17) is 18.9 Å². The van der Waals surface area contributed by atoms with Crippen molar-refractivity contribution in [1.29, 1.82) is 0 Å². The van der Waals surface area contributed by atoms with Crippen molar-refractivity contribution in [2.24, 2.45) is 14.1 Å². The highest BCUT2D eigenvalue weighted by atomic mass is 16.5. The molecule has 0 aliphatic carbocycles. The van der Waals surface area contributed by atoms with Gasteiger partial charge in [0, 0.05) is 49.5 Å². The number of hydrogen-bond acceptors (Lipinski definition) is 10. The molecular weight excluding hydrogens is 616 g/mol. The molecule has 2 heterocycles. The van der Waals surface area contributed by atoms with Crippen LogP contribution in [-0.4, -0.2) is 43.0 Å². The van der Waals surface area contributed by atoms with E-state index in [-0.39, 0.29) is 26.4 Å². The smallest absolute Gasteiger partial charge is 0.330 e. The summed E-state index contributed by atoms with van der Waals surface area (Å²) in [5.74, 6) is 10.6. The van der Waals surface area contributed by atoms with Crippen molar-refractivity contribution in [3.63, 3.8) is 0 Å². The summed E-state index contributed by atoms with van der Waals surface area (Å²) in [6.45, 7) is 15.0. The minimum absolute atomic E-state index is 0.122. The molecule has 0 N–H and O–H groups in total. The van der Waals surface area contributed by atoms with Gasteiger partial charge in [-0.15, -0.1) is 0 Å². The molecule has 48 heavy (non-hydrogen) atoms. The van der Waals surface area contributed by atoms with Crippen LogP contribution in [0.3, 0.4) is 0 Å². The maximum Gasteiger partial charge on any atom is 0.330 e. The number of carbonyl (C=O) groups excluding carboxylic acids is 4. The second-order valence-electron chi connectivity index (χ2n) is 9.75. The quantitative estimate of drug-likeness (QED) is 0.117. The topological polar surface area (TPSA) is 141 Å². The zero-order chi connectivity index (χ0) is 35.2. The molecule has 1 aromatic carbocycles. The van der Waals surface area contributed by atoms with Gasteiger partial charge in [0.05, 0.1) is 11.4 Å². The predicted molar refractivity (Wildman–Crippen MR) is 174 cm³/mol. The summed E-state index contributed by atoms with van der Waals surface area (Å²) >= 11 is 0. The van der Waals surface area contributed by atoms with Crippen LogP contribution in [0.5, 0.6) is 0 Å². The van der Waals surface area contributed by atoms with Gasteiger partial charge in [0.25, 0.3) is 0 Å². The van der Waals surface area contributed by atoms with Crippen molar-refractivity contribution >= 4 is 23.9 Å². The first-order valence-corrected chi connectivity index (χ1v) is 14.5. The van der Waals surface area contributed by atoms with Crippen molar-refractivity contribution in [1.82, 2.24) is 19.1 Å². The molecule has 0 bridgehead atoms. The van der Waals surface area contributed by atoms with Gasteiger partial charge < -0.3 is 28.1 Å². The molecule has 0 saturated carbocycles. The molecule has 0 saturated heterocycles. The van der Waals surface area contributed by atoms with Gasteiger partial charge in [0.2, 0.25) is 0 Å². The van der Waals surface area contributed by atoms with E-state index in [0.29, 0.717) is 46.4 Å². The van der Waals surface area contributed by atoms with Crippen LogP contribution < -0.4 is 0 Å². The first kappa shape index (κ1) is 36.1. The van der Waals surface area contributed by atoms with Crippen molar-refractivity contribution < 1.29 is 38.1 Å². The number of rotatable bonds is 13. The molecule has 0 atom stereocenters. The van der Waals surface area contributed by atoms with Gasteiger partial charge in [-0.3, -0.25) is 0 Å². The second-order valence-corrected chi connectivity index (χ2v) is 9.75. The molecule has 3 rings (SSSR count). The Morgan fingerprint density at radius 1 is 0.667 bits per heavy atom. The van der Waals surface area contributed by atoms with E-state index in [2.05, 4.69) is 60.0 Å². The number of nitrogens with zero attached hydrogens (tertiary/aromatic N) is 4. The van der Waals surface area contributed by atoms with Crippen LogP contribution in [-0.2, 0) is 85.1 Å². The van der Waals surface area contributed by atoms with Gasteiger partial charge in [-0.25, -0.2) is 29.1 Å². The maximum absolute atomic E-state index is 11.7. The molecule has 0 amide bonds. The van der Waals surface area contributed by atoms with E-state index in [1.165, 1.54) is 0 Å². The minimum atomic E-state index is -0.621. The minimum Gasteiger partial charge on any atom is -0.456 e. The van der Waals surface area contributed by atoms with E-state index in [9.17, 15) is 19.2 Å². The Labute approximate surface area is 278 Å². The summed E-state index contributed by atoms with van der Waals surface area (Å²) in [5, 5.41) is 0. The van der Waals surface area contributed by atoms with Crippen LogP contribution in [0.2, 0.25) is 0 Å². The van der Waals surface area contributed by atoms with Gasteiger partial charge in [-0.1, -0.05) is 45.1 Å². The first-order valence-electron chi connectivity index (χ1n) is 14.5. The zero-order valence-corrected chi connectivity index (χ0v) is 27.0. The molecule has 0 aliphatic rings. The molecule has 0 spiro atoms. The maximum atomic E-state index is 11.7. The molecule has 12 heteroatoms. The lowest BCUT2D eigenvalue weighted by Crippen LogP contribution is -2.09. The summed E-state index contributed by atoms with van der Waals surface area (Å²) in [4.78, 5) is 55.6. The fourth-order valence-corrected chi connectivity index (χ4v) is 4.12. The van der Waals surface area contributed by atoms with E-state index in [0.717, 1.165) is 35.4 Å². The number of aryl methyl sites for hydroxylation is 1. The van der Waals surface area contributed by atoms with Gasteiger partial charge >= 0.3 is 23.9 Å². The third-order valence-electron chi connectivity index (χ3n) is 6.78. The van der Waals surface area contributed by atoms with Gasteiger partial charge in [0.1, 0.15) is 37.8 Å². The van der Waals surface area contributed by atoms with Gasteiger partial charge in [-0.2, -0.15) is 0 Å². The molecular formula is C36H34N4O8. The van der Waals surface area contributed by atoms with E-state index < -0.39 is 23.9 Å². The van der Waals surface area contributed by atoms with Crippen molar-refractivity contribution in [2.75, 3.05) is 0 Å². The third-order valence-corrected chi connectivity index (χ3v) is 6.78. The monoisotopic (exact) mass is 650 g/mol. The molecule has 0 fully saturated rings. The number of ether oxygens (including phenoxy) is 4. The normalized spacial score (nSPS) is 9.90. The predicted octanol–water partition coefficient (Wildman–Crippen LogP) is 3.43. The summed E-state index contributed by atoms with van der Waals surface area (Å²) in [6.07, 6.45) is 4.84. The second kappa shape index (κ2) is 17.3. The lowest BCUT2D eigenvalue weighted by atomic mass is 10.0. The SMILES string of the molecule is C=CC(=O)OCc1nc(C#Cc2ccc(C#Cc3nc(COC(=O)C=C)c(COC(=O)C=C)n3C)c(CC)c2)n(C)c1COC(=O)C=C. The Balaban J connectivity index is 1.92. The molecule has 246 valence electrons. The fourth-order valence-electron chi connectivity index (χ4n) is 4.12. The number of carbonyl (C=O) groups is 4. The average molecular weight is 651 g/mol. The van der Waals surface area contributed by atoms with Crippen LogP contribution >= 0.6 is 0 Å². The van der Waals surface area contributed by atoms with Crippen LogP contribution in [0, 0.1) is 23.7 Å². The lowest BCUT2D eigenvalue weighted by molar-refractivity contribution is -0.140. The fraction of sp³-hybridized carbons (Fsp3) is 0.222. The summed E-state index contributed by atoms with van der Waals surface area (Å²) in [6, 6.07) is 5.58. The Bertz CT molecular complexity index is 1910. The van der Waals surface area contributed by atoms with Crippen molar-refractivity contribution in [2.45, 2.75) is 39.8 Å². The van der Waals surface area contributed by atoms with E-state index in [1.807, 2.05) is 25.1 Å². The van der Waals surface area contributed by atoms with Crippen molar-refractivity contribution in [3.05, 3.63) is 120 Å². The van der Waals surface area contributed by atoms with Crippen LogP contribution in [0.4, 0.5) is 0 Å². The number of esters is 4. The van der Waals surface area contributed by atoms with Crippen molar-refractivity contribution in [3.8, 4) is 23.7 Å². The molecule has 0 radical (unpaired) electrons. The van der Waals surface area contributed by atoms with E-state index in [1.54, 1.807) is 23.2 Å². The molecule has 0 unspecified atom stereocenters. The summed E-state index contributed by atoms with van der Waals surface area (Å²) < 4.78 is 24.0.